The van der Waals surface area contributed by atoms with Crippen LogP contribution in [-0.4, -0.2) is 25.3 Å². The van der Waals surface area contributed by atoms with E-state index in [4.69, 9.17) is 0 Å². The van der Waals surface area contributed by atoms with Crippen molar-refractivity contribution in [2.45, 2.75) is 19.2 Å². The van der Waals surface area contributed by atoms with E-state index in [0.29, 0.717) is 40.1 Å². The number of nitrogens with zero attached hydrogens (tertiary/aromatic N) is 1. The van der Waals surface area contributed by atoms with Gasteiger partial charge in [0, 0.05) is 16.6 Å². The zero-order valence-corrected chi connectivity index (χ0v) is 15.1. The molecule has 1 heterocycles. The highest BCUT2D eigenvalue weighted by molar-refractivity contribution is 9.10. The molecule has 3 nitrogen and oxygen atoms in total. The van der Waals surface area contributed by atoms with E-state index in [9.17, 15) is 17.6 Å². The summed E-state index contributed by atoms with van der Waals surface area (Å²) in [5.41, 5.74) is 1.39. The van der Waals surface area contributed by atoms with E-state index in [0.717, 1.165) is 0 Å². The monoisotopic (exact) mass is 430 g/mol. The summed E-state index contributed by atoms with van der Waals surface area (Å²) >= 11 is 3.25. The van der Waals surface area contributed by atoms with Crippen molar-refractivity contribution in [3.63, 3.8) is 0 Å². The van der Waals surface area contributed by atoms with Crippen molar-refractivity contribution in [3.05, 3.63) is 63.4 Å². The Balaban J connectivity index is 1.87. The predicted molar refractivity (Wildman–Crippen MR) is 94.0 cm³/mol. The Morgan fingerprint density at radius 1 is 1.15 bits per heavy atom. The third-order valence-electron chi connectivity index (χ3n) is 3.94. The number of hydrogen-bond acceptors (Lipinski definition) is 3. The molecule has 3 rings (SSSR count). The maximum absolute atomic E-state index is 14.4. The van der Waals surface area contributed by atoms with Crippen molar-refractivity contribution < 1.29 is 22.3 Å². The van der Waals surface area contributed by atoms with Gasteiger partial charge in [0.1, 0.15) is 17.4 Å². The van der Waals surface area contributed by atoms with Gasteiger partial charge < -0.3 is 10.1 Å². The average Bonchev–Trinajstić information content (AvgIpc) is 3.09. The third-order valence-corrected chi connectivity index (χ3v) is 4.43. The van der Waals surface area contributed by atoms with E-state index in [1.165, 1.54) is 18.2 Å². The number of benzene rings is 2. The van der Waals surface area contributed by atoms with Crippen LogP contribution in [0.5, 0.6) is 5.75 Å². The quantitative estimate of drug-likeness (QED) is 0.702. The molecule has 0 unspecified atom stereocenters. The van der Waals surface area contributed by atoms with Crippen molar-refractivity contribution in [1.29, 1.82) is 0 Å². The van der Waals surface area contributed by atoms with Gasteiger partial charge in [0.25, 0.3) is 0 Å². The van der Waals surface area contributed by atoms with E-state index < -0.39 is 12.2 Å². The standard InChI is InChI=1S/C18H15BrF4N2O/c19-12-5-7-16(26-18(21,22)23)11(10-12)4-6-13-14(2-1-3-15(13)20)17-24-8-9-25-17/h1-3,5,7,10H,4,6,8-9H2,(H,24,25). The lowest BCUT2D eigenvalue weighted by molar-refractivity contribution is -0.274. The topological polar surface area (TPSA) is 33.6 Å². The van der Waals surface area contributed by atoms with Gasteiger partial charge in [0.15, 0.2) is 0 Å². The van der Waals surface area contributed by atoms with Gasteiger partial charge in [-0.2, -0.15) is 0 Å². The van der Waals surface area contributed by atoms with E-state index in [1.807, 2.05) is 0 Å². The number of halogens is 5. The number of aliphatic imine (C=N–C) groups is 1. The fourth-order valence-electron chi connectivity index (χ4n) is 2.84. The molecule has 1 aliphatic heterocycles. The minimum atomic E-state index is -4.78. The van der Waals surface area contributed by atoms with Crippen LogP contribution in [0.4, 0.5) is 17.6 Å². The molecule has 0 spiro atoms. The molecular weight excluding hydrogens is 416 g/mol. The van der Waals surface area contributed by atoms with Crippen LogP contribution in [0.1, 0.15) is 16.7 Å². The molecule has 1 aliphatic rings. The van der Waals surface area contributed by atoms with Crippen LogP contribution in [0, 0.1) is 5.82 Å². The SMILES string of the molecule is Fc1cccc(C2=NCCN2)c1CCc1cc(Br)ccc1OC(F)(F)F. The summed E-state index contributed by atoms with van der Waals surface area (Å²) in [6.45, 7) is 1.29. The van der Waals surface area contributed by atoms with Gasteiger partial charge in [-0.15, -0.1) is 13.2 Å². The van der Waals surface area contributed by atoms with Crippen LogP contribution < -0.4 is 10.1 Å². The fraction of sp³-hybridized carbons (Fsp3) is 0.278. The molecule has 8 heteroatoms. The van der Waals surface area contributed by atoms with Gasteiger partial charge in [0.05, 0.1) is 6.54 Å². The molecule has 0 fully saturated rings. The van der Waals surface area contributed by atoms with Crippen LogP contribution in [0.3, 0.4) is 0 Å². The van der Waals surface area contributed by atoms with Gasteiger partial charge in [-0.3, -0.25) is 4.99 Å². The third kappa shape index (κ3) is 4.55. The van der Waals surface area contributed by atoms with Crippen LogP contribution in [0.15, 0.2) is 45.9 Å². The van der Waals surface area contributed by atoms with Gasteiger partial charge in [-0.05, 0) is 48.2 Å². The van der Waals surface area contributed by atoms with Crippen molar-refractivity contribution in [2.75, 3.05) is 13.1 Å². The first-order valence-electron chi connectivity index (χ1n) is 7.94. The molecule has 0 saturated carbocycles. The molecule has 0 atom stereocenters. The molecule has 0 amide bonds. The number of nitrogens with one attached hydrogen (secondary N) is 1. The predicted octanol–water partition coefficient (Wildman–Crippen LogP) is 4.62. The van der Waals surface area contributed by atoms with Gasteiger partial charge in [-0.25, -0.2) is 4.39 Å². The largest absolute Gasteiger partial charge is 0.573 e. The Morgan fingerprint density at radius 2 is 1.96 bits per heavy atom. The zero-order valence-electron chi connectivity index (χ0n) is 13.5. The van der Waals surface area contributed by atoms with Crippen molar-refractivity contribution in [2.24, 2.45) is 4.99 Å². The maximum atomic E-state index is 14.4. The van der Waals surface area contributed by atoms with E-state index in [2.05, 4.69) is 31.0 Å². The molecule has 0 aliphatic carbocycles. The number of amidine groups is 1. The second-order valence-electron chi connectivity index (χ2n) is 5.72. The Hall–Kier alpha value is -2.09. The molecule has 2 aromatic carbocycles. The van der Waals surface area contributed by atoms with Crippen LogP contribution >= 0.6 is 15.9 Å². The molecule has 26 heavy (non-hydrogen) atoms. The highest BCUT2D eigenvalue weighted by Crippen LogP contribution is 2.30. The summed E-state index contributed by atoms with van der Waals surface area (Å²) in [6, 6.07) is 8.95. The second-order valence-corrected chi connectivity index (χ2v) is 6.64. The first-order valence-corrected chi connectivity index (χ1v) is 8.73. The molecule has 0 saturated heterocycles. The van der Waals surface area contributed by atoms with Crippen molar-refractivity contribution in [1.82, 2.24) is 5.32 Å². The summed E-state index contributed by atoms with van der Waals surface area (Å²) < 4.78 is 56.9. The van der Waals surface area contributed by atoms with E-state index >= 15 is 0 Å². The maximum Gasteiger partial charge on any atom is 0.573 e. The molecule has 0 radical (unpaired) electrons. The van der Waals surface area contributed by atoms with Crippen molar-refractivity contribution >= 4 is 21.8 Å². The summed E-state index contributed by atoms with van der Waals surface area (Å²) in [5, 5.41) is 3.09. The minimum absolute atomic E-state index is 0.187. The normalized spacial score (nSPS) is 14.1. The Labute approximate surface area is 156 Å². The summed E-state index contributed by atoms with van der Waals surface area (Å²) in [4.78, 5) is 4.30. The first-order chi connectivity index (χ1) is 12.3. The Bertz CT molecular complexity index is 836. The molecule has 1 N–H and O–H groups in total. The summed E-state index contributed by atoms with van der Waals surface area (Å²) in [5.74, 6) is -0.0809. The van der Waals surface area contributed by atoms with Crippen molar-refractivity contribution in [3.8, 4) is 5.75 Å². The van der Waals surface area contributed by atoms with Gasteiger partial charge >= 0.3 is 6.36 Å². The lowest BCUT2D eigenvalue weighted by atomic mass is 9.98. The smallest absolute Gasteiger partial charge is 0.406 e. The number of hydrogen-bond donors (Lipinski definition) is 1. The lowest BCUT2D eigenvalue weighted by Crippen LogP contribution is -2.21. The zero-order chi connectivity index (χ0) is 18.7. The van der Waals surface area contributed by atoms with Gasteiger partial charge in [-0.1, -0.05) is 28.1 Å². The number of rotatable bonds is 5. The van der Waals surface area contributed by atoms with E-state index in [1.54, 1.807) is 18.2 Å². The number of ether oxygens (including phenoxy) is 1. The highest BCUT2D eigenvalue weighted by Gasteiger charge is 2.32. The summed E-state index contributed by atoms with van der Waals surface area (Å²) in [6.07, 6.45) is -4.38. The number of alkyl halides is 3. The van der Waals surface area contributed by atoms with Crippen LogP contribution in [0.25, 0.3) is 0 Å². The second kappa shape index (κ2) is 7.65. The first kappa shape index (κ1) is 18.7. The summed E-state index contributed by atoms with van der Waals surface area (Å²) in [7, 11) is 0. The Morgan fingerprint density at radius 3 is 2.65 bits per heavy atom. The Kier molecular flexibility index (Phi) is 5.50. The van der Waals surface area contributed by atoms with Crippen LogP contribution in [0.2, 0.25) is 0 Å². The average molecular weight is 431 g/mol. The molecule has 2 aromatic rings. The fourth-order valence-corrected chi connectivity index (χ4v) is 3.25. The molecule has 0 aromatic heterocycles. The van der Waals surface area contributed by atoms with Gasteiger partial charge in [0.2, 0.25) is 0 Å². The van der Waals surface area contributed by atoms with E-state index in [-0.39, 0.29) is 18.6 Å². The lowest BCUT2D eigenvalue weighted by Gasteiger charge is -2.15. The minimum Gasteiger partial charge on any atom is -0.406 e. The highest BCUT2D eigenvalue weighted by atomic mass is 79.9. The molecular formula is C18H15BrF4N2O. The molecule has 138 valence electrons. The number of aryl methyl sites for hydroxylation is 1. The molecule has 0 bridgehead atoms. The van der Waals surface area contributed by atoms with Crippen LogP contribution in [-0.2, 0) is 12.8 Å².